The summed E-state index contributed by atoms with van der Waals surface area (Å²) in [5, 5.41) is 13.6. The Bertz CT molecular complexity index is 1220. The number of nitro benzene ring substituents is 1. The van der Waals surface area contributed by atoms with Crippen LogP contribution in [0.2, 0.25) is 0 Å². The first-order valence-electron chi connectivity index (χ1n) is 8.22. The Labute approximate surface area is 172 Å². The van der Waals surface area contributed by atoms with Crippen molar-refractivity contribution in [3.8, 4) is 11.5 Å². The quantitative estimate of drug-likeness (QED) is 0.242. The van der Waals surface area contributed by atoms with Crippen molar-refractivity contribution in [1.29, 1.82) is 0 Å². The van der Waals surface area contributed by atoms with Crippen molar-refractivity contribution < 1.29 is 14.1 Å². The Morgan fingerprint density at radius 2 is 1.89 bits per heavy atom. The molecule has 0 aliphatic carbocycles. The third kappa shape index (κ3) is 3.72. The molecule has 0 aliphatic heterocycles. The monoisotopic (exact) mass is 485 g/mol. The van der Waals surface area contributed by atoms with Crippen molar-refractivity contribution in [2.75, 3.05) is 5.32 Å². The molecule has 1 amide bonds. The molecule has 0 aliphatic rings. The predicted molar refractivity (Wildman–Crippen MR) is 113 cm³/mol. The van der Waals surface area contributed by atoms with Gasteiger partial charge in [0.2, 0.25) is 5.89 Å². The first-order chi connectivity index (χ1) is 13.5. The van der Waals surface area contributed by atoms with Gasteiger partial charge in [0.05, 0.1) is 4.92 Å². The molecule has 1 N–H and O–H groups in total. The van der Waals surface area contributed by atoms with Crippen LogP contribution in [0.3, 0.4) is 0 Å². The maximum atomic E-state index is 12.4. The smallest absolute Gasteiger partial charge is 0.270 e. The summed E-state index contributed by atoms with van der Waals surface area (Å²) in [7, 11) is 0. The maximum Gasteiger partial charge on any atom is 0.270 e. The Hall–Kier alpha value is -3.27. The van der Waals surface area contributed by atoms with Crippen molar-refractivity contribution in [2.45, 2.75) is 0 Å². The number of hydrogen-bond acceptors (Lipinski definition) is 5. The topological polar surface area (TPSA) is 98.3 Å². The first kappa shape index (κ1) is 18.1. The predicted octanol–water partition coefficient (Wildman–Crippen LogP) is 5.26. The van der Waals surface area contributed by atoms with Crippen molar-refractivity contribution in [3.05, 3.63) is 86.0 Å². The second kappa shape index (κ2) is 7.39. The molecule has 8 heteroatoms. The van der Waals surface area contributed by atoms with Gasteiger partial charge in [-0.05, 0) is 65.1 Å². The van der Waals surface area contributed by atoms with Crippen LogP contribution in [0.5, 0.6) is 0 Å². The Balaban J connectivity index is 1.60. The molecule has 4 aromatic rings. The maximum absolute atomic E-state index is 12.4. The number of hydrogen-bond donors (Lipinski definition) is 1. The van der Waals surface area contributed by atoms with Crippen LogP contribution < -0.4 is 5.32 Å². The van der Waals surface area contributed by atoms with Crippen LogP contribution in [0.4, 0.5) is 11.4 Å². The number of aromatic nitrogens is 1. The largest absolute Gasteiger partial charge is 0.436 e. The number of rotatable bonds is 4. The summed E-state index contributed by atoms with van der Waals surface area (Å²) in [5.41, 5.74) is 2.65. The second-order valence-electron chi connectivity index (χ2n) is 5.97. The lowest BCUT2D eigenvalue weighted by molar-refractivity contribution is -0.384. The highest BCUT2D eigenvalue weighted by Gasteiger charge is 2.13. The molecule has 0 unspecified atom stereocenters. The van der Waals surface area contributed by atoms with E-state index in [1.54, 1.807) is 18.2 Å². The van der Waals surface area contributed by atoms with Crippen molar-refractivity contribution in [2.24, 2.45) is 0 Å². The van der Waals surface area contributed by atoms with Crippen molar-refractivity contribution in [1.82, 2.24) is 4.98 Å². The Morgan fingerprint density at radius 3 is 2.68 bits per heavy atom. The van der Waals surface area contributed by atoms with E-state index in [9.17, 15) is 14.9 Å². The van der Waals surface area contributed by atoms with Gasteiger partial charge < -0.3 is 9.73 Å². The van der Waals surface area contributed by atoms with Gasteiger partial charge in [0, 0.05) is 32.5 Å². The Kier molecular flexibility index (Phi) is 4.78. The number of fused-ring (bicyclic) bond motifs is 1. The third-order valence-electron chi connectivity index (χ3n) is 4.04. The number of halogens is 1. The van der Waals surface area contributed by atoms with Crippen LogP contribution >= 0.6 is 22.6 Å². The summed E-state index contributed by atoms with van der Waals surface area (Å²) in [6.45, 7) is 0. The van der Waals surface area contributed by atoms with E-state index in [1.165, 1.54) is 24.3 Å². The second-order valence-corrected chi connectivity index (χ2v) is 7.22. The minimum atomic E-state index is -0.537. The summed E-state index contributed by atoms with van der Waals surface area (Å²) in [6, 6.07) is 18.5. The normalized spacial score (nSPS) is 10.8. The summed E-state index contributed by atoms with van der Waals surface area (Å²) >= 11 is 2.22. The fourth-order valence-electron chi connectivity index (χ4n) is 2.71. The third-order valence-corrected chi connectivity index (χ3v) is 4.71. The number of carbonyl (C=O) groups excluding carboxylic acids is 1. The van der Waals surface area contributed by atoms with Crippen LogP contribution in [0.1, 0.15) is 10.4 Å². The molecule has 0 bridgehead atoms. The molecule has 0 atom stereocenters. The van der Waals surface area contributed by atoms with E-state index in [0.29, 0.717) is 22.7 Å². The lowest BCUT2D eigenvalue weighted by Crippen LogP contribution is -2.12. The first-order valence-corrected chi connectivity index (χ1v) is 9.30. The number of nitrogens with zero attached hydrogens (tertiary/aromatic N) is 2. The van der Waals surface area contributed by atoms with E-state index < -0.39 is 10.8 Å². The number of nitro groups is 1. The van der Waals surface area contributed by atoms with Gasteiger partial charge in [-0.2, -0.15) is 0 Å². The molecule has 4 rings (SSSR count). The van der Waals surface area contributed by atoms with Gasteiger partial charge in [-0.1, -0.05) is 12.1 Å². The standard InChI is InChI=1S/C20H12IN3O4/c21-14-5-1-4-13(9-14)20-23-17-11-15(7-8-18(17)28-20)22-19(25)12-3-2-6-16(10-12)24(26)27/h1-11H,(H,22,25). The average Bonchev–Trinajstić information content (AvgIpc) is 3.11. The Morgan fingerprint density at radius 1 is 1.07 bits per heavy atom. The van der Waals surface area contributed by atoms with E-state index in [4.69, 9.17) is 4.42 Å². The molecule has 138 valence electrons. The van der Waals surface area contributed by atoms with E-state index in [1.807, 2.05) is 24.3 Å². The van der Waals surface area contributed by atoms with Crippen molar-refractivity contribution >= 4 is 51.0 Å². The molecule has 0 radical (unpaired) electrons. The number of anilines is 1. The molecule has 1 aromatic heterocycles. The minimum Gasteiger partial charge on any atom is -0.436 e. The molecule has 28 heavy (non-hydrogen) atoms. The van der Waals surface area contributed by atoms with Gasteiger partial charge >= 0.3 is 0 Å². The summed E-state index contributed by atoms with van der Waals surface area (Å²) in [5.74, 6) is 0.0556. The van der Waals surface area contributed by atoms with E-state index in [-0.39, 0.29) is 11.3 Å². The number of nitrogens with one attached hydrogen (secondary N) is 1. The SMILES string of the molecule is O=C(Nc1ccc2oc(-c3cccc(I)c3)nc2c1)c1cccc([N+](=O)[O-])c1. The highest BCUT2D eigenvalue weighted by atomic mass is 127. The van der Waals surface area contributed by atoms with Gasteiger partial charge in [-0.15, -0.1) is 0 Å². The van der Waals surface area contributed by atoms with Gasteiger partial charge in [0.1, 0.15) is 5.52 Å². The molecule has 0 spiro atoms. The molecule has 0 fully saturated rings. The zero-order chi connectivity index (χ0) is 19.7. The van der Waals surface area contributed by atoms with Crippen LogP contribution in [-0.2, 0) is 0 Å². The van der Waals surface area contributed by atoms with Crippen LogP contribution in [0.25, 0.3) is 22.6 Å². The van der Waals surface area contributed by atoms with Gasteiger partial charge in [-0.3, -0.25) is 14.9 Å². The number of amides is 1. The van der Waals surface area contributed by atoms with E-state index in [2.05, 4.69) is 32.9 Å². The molecule has 3 aromatic carbocycles. The van der Waals surface area contributed by atoms with Gasteiger partial charge in [0.15, 0.2) is 5.58 Å². The van der Waals surface area contributed by atoms with Gasteiger partial charge in [0.25, 0.3) is 11.6 Å². The highest BCUT2D eigenvalue weighted by molar-refractivity contribution is 14.1. The number of benzene rings is 3. The molecule has 7 nitrogen and oxygen atoms in total. The minimum absolute atomic E-state index is 0.137. The summed E-state index contributed by atoms with van der Waals surface area (Å²) in [4.78, 5) is 27.2. The average molecular weight is 485 g/mol. The summed E-state index contributed by atoms with van der Waals surface area (Å²) in [6.07, 6.45) is 0. The molecule has 1 heterocycles. The zero-order valence-corrected chi connectivity index (χ0v) is 16.4. The lowest BCUT2D eigenvalue weighted by Gasteiger charge is -2.04. The number of carbonyl (C=O) groups is 1. The highest BCUT2D eigenvalue weighted by Crippen LogP contribution is 2.27. The zero-order valence-electron chi connectivity index (χ0n) is 14.3. The van der Waals surface area contributed by atoms with Crippen molar-refractivity contribution in [3.63, 3.8) is 0 Å². The van der Waals surface area contributed by atoms with Crippen LogP contribution in [-0.4, -0.2) is 15.8 Å². The fourth-order valence-corrected chi connectivity index (χ4v) is 3.26. The summed E-state index contributed by atoms with van der Waals surface area (Å²) < 4.78 is 6.87. The van der Waals surface area contributed by atoms with Crippen LogP contribution in [0, 0.1) is 13.7 Å². The fraction of sp³-hybridized carbons (Fsp3) is 0. The van der Waals surface area contributed by atoms with Crippen LogP contribution in [0.15, 0.2) is 71.1 Å². The molecular weight excluding hydrogens is 473 g/mol. The number of oxazole rings is 1. The van der Waals surface area contributed by atoms with E-state index in [0.717, 1.165) is 9.13 Å². The number of non-ortho nitro benzene ring substituents is 1. The lowest BCUT2D eigenvalue weighted by atomic mass is 10.2. The molecular formula is C20H12IN3O4. The molecule has 0 saturated heterocycles. The van der Waals surface area contributed by atoms with Gasteiger partial charge in [-0.25, -0.2) is 4.98 Å². The molecule has 0 saturated carbocycles. The van der Waals surface area contributed by atoms with E-state index >= 15 is 0 Å².